The molecule has 35 heavy (non-hydrogen) atoms. The zero-order chi connectivity index (χ0) is 24.0. The molecule has 0 aliphatic carbocycles. The van der Waals surface area contributed by atoms with Gasteiger partial charge >= 0.3 is 0 Å². The summed E-state index contributed by atoms with van der Waals surface area (Å²) < 4.78 is 9.04. The molecular formula is C31H25BrN2O. The Kier molecular flexibility index (Phi) is 6.92. The van der Waals surface area contributed by atoms with Gasteiger partial charge in [0.1, 0.15) is 5.75 Å². The topological polar surface area (TPSA) is 26.5 Å². The molecule has 0 N–H and O–H groups in total. The van der Waals surface area contributed by atoms with Gasteiger partial charge in [-0.05, 0) is 72.6 Å². The molecule has 3 nitrogen and oxygen atoms in total. The van der Waals surface area contributed by atoms with Crippen LogP contribution in [0.15, 0.2) is 125 Å². The Balaban J connectivity index is 1.73. The quantitative estimate of drug-likeness (QED) is 0.197. The zero-order valence-corrected chi connectivity index (χ0v) is 21.0. The second kappa shape index (κ2) is 10.6. The van der Waals surface area contributed by atoms with Crippen LogP contribution in [0.2, 0.25) is 0 Å². The van der Waals surface area contributed by atoms with Gasteiger partial charge < -0.3 is 9.30 Å². The minimum atomic E-state index is 0.643. The number of ether oxygens (including phenoxy) is 1. The lowest BCUT2D eigenvalue weighted by molar-refractivity contribution is 0.340. The summed E-state index contributed by atoms with van der Waals surface area (Å²) in [6.45, 7) is 2.64. The van der Waals surface area contributed by atoms with Crippen molar-refractivity contribution in [1.29, 1.82) is 0 Å². The van der Waals surface area contributed by atoms with E-state index in [-0.39, 0.29) is 0 Å². The Labute approximate surface area is 214 Å². The molecule has 0 saturated carbocycles. The molecule has 0 saturated heterocycles. The fraction of sp³-hybridized carbons (Fsp3) is 0.0645. The van der Waals surface area contributed by atoms with Crippen LogP contribution in [0.5, 0.6) is 5.75 Å². The van der Waals surface area contributed by atoms with Gasteiger partial charge in [0.05, 0.1) is 23.7 Å². The van der Waals surface area contributed by atoms with Crippen molar-refractivity contribution in [2.45, 2.75) is 6.92 Å². The maximum Gasteiger partial charge on any atom is 0.119 e. The molecule has 0 atom stereocenters. The highest BCUT2D eigenvalue weighted by molar-refractivity contribution is 9.10. The Bertz CT molecular complexity index is 1420. The number of rotatable bonds is 7. The summed E-state index contributed by atoms with van der Waals surface area (Å²) >= 11 is 3.50. The molecule has 1 heterocycles. The third-order valence-electron chi connectivity index (χ3n) is 5.73. The molecule has 4 heteroatoms. The van der Waals surface area contributed by atoms with Gasteiger partial charge in [-0.2, -0.15) is 0 Å². The molecule has 172 valence electrons. The summed E-state index contributed by atoms with van der Waals surface area (Å²) in [5.74, 6) is 0.864. The summed E-state index contributed by atoms with van der Waals surface area (Å²) in [5, 5.41) is 0. The summed E-state index contributed by atoms with van der Waals surface area (Å²) in [7, 11) is 0. The van der Waals surface area contributed by atoms with Gasteiger partial charge in [-0.1, -0.05) is 76.6 Å². The van der Waals surface area contributed by atoms with Crippen molar-refractivity contribution in [1.82, 2.24) is 4.57 Å². The van der Waals surface area contributed by atoms with Crippen LogP contribution in [-0.4, -0.2) is 17.4 Å². The van der Waals surface area contributed by atoms with Gasteiger partial charge in [0.25, 0.3) is 0 Å². The lowest BCUT2D eigenvalue weighted by atomic mass is 10.1. The van der Waals surface area contributed by atoms with Crippen LogP contribution in [0.1, 0.15) is 12.5 Å². The van der Waals surface area contributed by atoms with E-state index < -0.39 is 0 Å². The van der Waals surface area contributed by atoms with E-state index in [4.69, 9.17) is 9.73 Å². The van der Waals surface area contributed by atoms with E-state index in [0.717, 1.165) is 49.7 Å². The molecule has 5 aromatic rings. The fourth-order valence-electron chi connectivity index (χ4n) is 4.14. The van der Waals surface area contributed by atoms with Crippen molar-refractivity contribution < 1.29 is 4.74 Å². The predicted molar refractivity (Wildman–Crippen MR) is 149 cm³/mol. The van der Waals surface area contributed by atoms with Gasteiger partial charge in [0.2, 0.25) is 0 Å². The maximum atomic E-state index is 5.69. The highest BCUT2D eigenvalue weighted by Gasteiger charge is 2.18. The van der Waals surface area contributed by atoms with Gasteiger partial charge in [-0.25, -0.2) is 0 Å². The van der Waals surface area contributed by atoms with Crippen LogP contribution in [0, 0.1) is 0 Å². The molecule has 0 unspecified atom stereocenters. The maximum absolute atomic E-state index is 5.69. The molecule has 0 radical (unpaired) electrons. The van der Waals surface area contributed by atoms with E-state index in [1.165, 1.54) is 0 Å². The summed E-state index contributed by atoms with van der Waals surface area (Å²) in [4.78, 5) is 4.80. The van der Waals surface area contributed by atoms with Gasteiger partial charge in [0, 0.05) is 21.9 Å². The van der Waals surface area contributed by atoms with Crippen molar-refractivity contribution in [2.24, 2.45) is 4.99 Å². The van der Waals surface area contributed by atoms with E-state index in [0.29, 0.717) is 6.61 Å². The molecule has 4 aromatic carbocycles. The van der Waals surface area contributed by atoms with Gasteiger partial charge in [0.15, 0.2) is 0 Å². The van der Waals surface area contributed by atoms with Crippen molar-refractivity contribution in [3.05, 3.63) is 125 Å². The Hall–Kier alpha value is -3.89. The molecule has 0 spiro atoms. The zero-order valence-electron chi connectivity index (χ0n) is 19.4. The first kappa shape index (κ1) is 22.9. The van der Waals surface area contributed by atoms with Crippen LogP contribution in [-0.2, 0) is 0 Å². The number of aliphatic imine (C=N–C) groups is 1. The SMILES string of the molecule is CCOc1ccc(-n2c(-c3ccccc3)cc(C=Nc3ccc(Br)cc3)c2-c2ccccc2)cc1. The average molecular weight is 521 g/mol. The molecule has 0 amide bonds. The Morgan fingerprint density at radius 3 is 2.03 bits per heavy atom. The van der Waals surface area contributed by atoms with Crippen LogP contribution < -0.4 is 4.74 Å². The number of benzene rings is 4. The van der Waals surface area contributed by atoms with E-state index in [1.54, 1.807) is 0 Å². The standard InChI is InChI=1S/C31H25BrN2O/c1-2-35-29-19-17-28(18-20-29)34-30(23-9-5-3-6-10-23)21-25(31(34)24-11-7-4-8-12-24)22-33-27-15-13-26(32)14-16-27/h3-22H,2H2,1H3. The second-order valence-electron chi connectivity index (χ2n) is 8.06. The fourth-order valence-corrected chi connectivity index (χ4v) is 4.40. The first-order valence-electron chi connectivity index (χ1n) is 11.6. The number of hydrogen-bond donors (Lipinski definition) is 0. The van der Waals surface area contributed by atoms with E-state index in [9.17, 15) is 0 Å². The molecular weight excluding hydrogens is 496 g/mol. The smallest absolute Gasteiger partial charge is 0.119 e. The second-order valence-corrected chi connectivity index (χ2v) is 8.98. The number of halogens is 1. The van der Waals surface area contributed by atoms with Crippen molar-refractivity contribution >= 4 is 27.8 Å². The molecule has 0 fully saturated rings. The summed E-state index contributed by atoms with van der Waals surface area (Å²) in [6, 6.07) is 39.5. The molecule has 1 aromatic heterocycles. The highest BCUT2D eigenvalue weighted by Crippen LogP contribution is 2.36. The minimum Gasteiger partial charge on any atom is -0.494 e. The van der Waals surface area contributed by atoms with Crippen molar-refractivity contribution in [3.63, 3.8) is 0 Å². The van der Waals surface area contributed by atoms with Gasteiger partial charge in [-0.3, -0.25) is 4.99 Å². The van der Waals surface area contributed by atoms with Crippen LogP contribution in [0.3, 0.4) is 0 Å². The largest absolute Gasteiger partial charge is 0.494 e. The molecule has 0 aliphatic heterocycles. The first-order valence-corrected chi connectivity index (χ1v) is 12.4. The number of aromatic nitrogens is 1. The van der Waals surface area contributed by atoms with E-state index >= 15 is 0 Å². The Morgan fingerprint density at radius 2 is 1.40 bits per heavy atom. The van der Waals surface area contributed by atoms with Crippen LogP contribution in [0.25, 0.3) is 28.2 Å². The monoisotopic (exact) mass is 520 g/mol. The molecule has 5 rings (SSSR count). The summed E-state index contributed by atoms with van der Waals surface area (Å²) in [6.07, 6.45) is 1.96. The van der Waals surface area contributed by atoms with Crippen LogP contribution in [0.4, 0.5) is 5.69 Å². The summed E-state index contributed by atoms with van der Waals surface area (Å²) in [5.41, 5.74) is 7.48. The highest BCUT2D eigenvalue weighted by atomic mass is 79.9. The molecule has 0 aliphatic rings. The van der Waals surface area contributed by atoms with E-state index in [2.05, 4.69) is 87.2 Å². The third-order valence-corrected chi connectivity index (χ3v) is 6.26. The lowest BCUT2D eigenvalue weighted by Crippen LogP contribution is -2.01. The first-order chi connectivity index (χ1) is 17.2. The van der Waals surface area contributed by atoms with Gasteiger partial charge in [-0.15, -0.1) is 0 Å². The predicted octanol–water partition coefficient (Wildman–Crippen LogP) is 8.72. The van der Waals surface area contributed by atoms with Crippen molar-refractivity contribution in [3.8, 4) is 34.0 Å². The number of hydrogen-bond acceptors (Lipinski definition) is 2. The molecule has 0 bridgehead atoms. The Morgan fingerprint density at radius 1 is 0.771 bits per heavy atom. The van der Waals surface area contributed by atoms with Crippen molar-refractivity contribution in [2.75, 3.05) is 6.61 Å². The average Bonchev–Trinajstić information content (AvgIpc) is 3.29. The normalized spacial score (nSPS) is 11.1. The third kappa shape index (κ3) is 5.13. The van der Waals surface area contributed by atoms with E-state index in [1.807, 2.05) is 61.7 Å². The lowest BCUT2D eigenvalue weighted by Gasteiger charge is -2.15. The minimum absolute atomic E-state index is 0.643. The van der Waals surface area contributed by atoms with Crippen LogP contribution >= 0.6 is 15.9 Å². The number of nitrogens with zero attached hydrogens (tertiary/aromatic N) is 2.